The molecule has 13 aromatic carbocycles. The molecule has 16 rings (SSSR count). The van der Waals surface area contributed by atoms with Crippen LogP contribution in [0.4, 0.5) is 17.1 Å². The van der Waals surface area contributed by atoms with Crippen molar-refractivity contribution in [1.29, 1.82) is 0 Å². The molecule has 2 heteroatoms. The molecule has 2 aliphatic carbocycles. The van der Waals surface area contributed by atoms with Gasteiger partial charge in [0.15, 0.2) is 0 Å². The van der Waals surface area contributed by atoms with E-state index in [1.54, 1.807) is 0 Å². The van der Waals surface area contributed by atoms with E-state index >= 15 is 0 Å². The molecular weight excluding hydrogens is 907 g/mol. The molecule has 0 saturated carbocycles. The Bertz CT molecular complexity index is 4560. The van der Waals surface area contributed by atoms with Crippen LogP contribution in [0.2, 0.25) is 0 Å². The lowest BCUT2D eigenvalue weighted by Gasteiger charge is -2.33. The third kappa shape index (κ3) is 6.02. The Morgan fingerprint density at radius 2 is 0.693 bits per heavy atom. The van der Waals surface area contributed by atoms with Gasteiger partial charge >= 0.3 is 0 Å². The van der Waals surface area contributed by atoms with Gasteiger partial charge in [0.2, 0.25) is 0 Å². The van der Waals surface area contributed by atoms with Gasteiger partial charge < -0.3 is 9.32 Å². The fraction of sp³-hybridized carbons (Fsp3) is 0.0137. The normalized spacial score (nSPS) is 12.9. The monoisotopic (exact) mass is 951 g/mol. The minimum atomic E-state index is -0.558. The predicted molar refractivity (Wildman–Crippen MR) is 314 cm³/mol. The lowest BCUT2D eigenvalue weighted by Crippen LogP contribution is -2.26. The second-order valence-electron chi connectivity index (χ2n) is 20.2. The summed E-state index contributed by atoms with van der Waals surface area (Å²) in [5.74, 6) is 0. The Kier molecular flexibility index (Phi) is 8.99. The fourth-order valence-corrected chi connectivity index (χ4v) is 13.2. The first-order valence-corrected chi connectivity index (χ1v) is 26.0. The zero-order chi connectivity index (χ0) is 49.2. The number of rotatable bonds is 6. The van der Waals surface area contributed by atoms with Crippen LogP contribution in [0.25, 0.3) is 110 Å². The molecule has 1 spiro atoms. The van der Waals surface area contributed by atoms with Gasteiger partial charge in [-0.2, -0.15) is 0 Å². The van der Waals surface area contributed by atoms with Gasteiger partial charge in [0.05, 0.1) is 11.1 Å². The Balaban J connectivity index is 1.00. The summed E-state index contributed by atoms with van der Waals surface area (Å²) in [6.45, 7) is 0. The highest BCUT2D eigenvalue weighted by molar-refractivity contribution is 6.26. The lowest BCUT2D eigenvalue weighted by atomic mass is 9.70. The molecule has 0 radical (unpaired) electrons. The third-order valence-corrected chi connectivity index (χ3v) is 16.5. The molecule has 14 aromatic rings. The van der Waals surface area contributed by atoms with Crippen LogP contribution in [0.15, 0.2) is 277 Å². The smallest absolute Gasteiger partial charge is 0.143 e. The number of benzene rings is 13. The van der Waals surface area contributed by atoms with Gasteiger partial charge in [-0.15, -0.1) is 0 Å². The Morgan fingerprint density at radius 1 is 0.253 bits per heavy atom. The zero-order valence-electron chi connectivity index (χ0n) is 40.8. The third-order valence-electron chi connectivity index (χ3n) is 16.5. The van der Waals surface area contributed by atoms with E-state index in [-0.39, 0.29) is 0 Å². The van der Waals surface area contributed by atoms with Crippen molar-refractivity contribution in [3.8, 4) is 55.6 Å². The van der Waals surface area contributed by atoms with E-state index in [4.69, 9.17) is 4.42 Å². The molecule has 0 amide bonds. The number of fused-ring (bicyclic) bond motifs is 19. The van der Waals surface area contributed by atoms with Crippen molar-refractivity contribution in [1.82, 2.24) is 0 Å². The summed E-state index contributed by atoms with van der Waals surface area (Å²) in [5.41, 5.74) is 21.5. The first-order chi connectivity index (χ1) is 37.2. The highest BCUT2D eigenvalue weighted by Gasteiger charge is 2.52. The van der Waals surface area contributed by atoms with Crippen molar-refractivity contribution in [2.75, 3.05) is 4.90 Å². The molecule has 0 unspecified atom stereocenters. The van der Waals surface area contributed by atoms with Crippen LogP contribution < -0.4 is 4.90 Å². The zero-order valence-corrected chi connectivity index (χ0v) is 40.8. The van der Waals surface area contributed by atoms with Crippen molar-refractivity contribution in [2.24, 2.45) is 0 Å². The second kappa shape index (κ2) is 16.1. The first-order valence-electron chi connectivity index (χ1n) is 26.0. The van der Waals surface area contributed by atoms with E-state index in [1.807, 2.05) is 0 Å². The topological polar surface area (TPSA) is 16.4 Å². The standard InChI is InChI=1S/C73H45NO/c1-2-17-46(18-3-1)47-33-35-48(36-34-47)49-37-39-50(40-38-49)74(51-41-42-56-54-21-5-4-19-52(54)53-20-6-7-22-55(53)63(56)43-51)70-45-69-64(44-65(70)62-28-16-27-61-60-26-11-15-32-71(60)75-72(61)62)59-25-10-14-31-68(59)73(69)66-29-12-8-23-57(66)58-24-9-13-30-67(58)73/h1-45H. The second-order valence-corrected chi connectivity index (χ2v) is 20.2. The maximum absolute atomic E-state index is 6.99. The van der Waals surface area contributed by atoms with Crippen molar-refractivity contribution in [2.45, 2.75) is 5.41 Å². The van der Waals surface area contributed by atoms with Crippen LogP contribution in [0.3, 0.4) is 0 Å². The lowest BCUT2D eigenvalue weighted by molar-refractivity contribution is 0.670. The van der Waals surface area contributed by atoms with Crippen LogP contribution in [-0.2, 0) is 5.41 Å². The SMILES string of the molecule is c1ccc(-c2ccc(-c3ccc(N(c4ccc5c6ccccc6c6ccccc6c5c4)c4cc5c(cc4-c4cccc6c4oc4ccccc46)-c4ccccc4C54c5ccccc5-c5ccccc54)cc3)cc2)cc1. The van der Waals surface area contributed by atoms with E-state index in [2.05, 4.69) is 278 Å². The van der Waals surface area contributed by atoms with Gasteiger partial charge in [0, 0.05) is 33.3 Å². The molecule has 0 atom stereocenters. The maximum Gasteiger partial charge on any atom is 0.143 e. The predicted octanol–water partition coefficient (Wildman–Crippen LogP) is 19.9. The average Bonchev–Trinajstić information content (AvgIpc) is 4.19. The van der Waals surface area contributed by atoms with Gasteiger partial charge in [0.1, 0.15) is 11.2 Å². The molecule has 1 aromatic heterocycles. The molecule has 2 nitrogen and oxygen atoms in total. The van der Waals surface area contributed by atoms with Gasteiger partial charge in [0.25, 0.3) is 0 Å². The number of furan rings is 1. The molecule has 75 heavy (non-hydrogen) atoms. The van der Waals surface area contributed by atoms with Crippen LogP contribution in [0.5, 0.6) is 0 Å². The number of para-hydroxylation sites is 2. The summed E-state index contributed by atoms with van der Waals surface area (Å²) in [6, 6.07) is 101. The summed E-state index contributed by atoms with van der Waals surface area (Å²) in [7, 11) is 0. The van der Waals surface area contributed by atoms with Gasteiger partial charge in [-0.3, -0.25) is 0 Å². The summed E-state index contributed by atoms with van der Waals surface area (Å²) in [5, 5.41) is 9.65. The number of nitrogens with zero attached hydrogens (tertiary/aromatic N) is 1. The van der Waals surface area contributed by atoms with E-state index in [0.29, 0.717) is 0 Å². The number of anilines is 3. The van der Waals surface area contributed by atoms with Crippen molar-refractivity contribution < 1.29 is 4.42 Å². The van der Waals surface area contributed by atoms with E-state index in [9.17, 15) is 0 Å². The van der Waals surface area contributed by atoms with E-state index in [1.165, 1.54) is 93.5 Å². The molecule has 0 saturated heterocycles. The summed E-state index contributed by atoms with van der Waals surface area (Å²) in [4.78, 5) is 2.52. The molecule has 0 fully saturated rings. The van der Waals surface area contributed by atoms with Crippen LogP contribution >= 0.6 is 0 Å². The largest absolute Gasteiger partial charge is 0.455 e. The van der Waals surface area contributed by atoms with Gasteiger partial charge in [-0.25, -0.2) is 0 Å². The minimum Gasteiger partial charge on any atom is -0.455 e. The van der Waals surface area contributed by atoms with Crippen molar-refractivity contribution in [3.05, 3.63) is 295 Å². The minimum absolute atomic E-state index is 0.558. The van der Waals surface area contributed by atoms with E-state index < -0.39 is 5.41 Å². The Hall–Kier alpha value is -9.76. The van der Waals surface area contributed by atoms with Crippen molar-refractivity contribution >= 4 is 71.3 Å². The summed E-state index contributed by atoms with van der Waals surface area (Å²) < 4.78 is 6.99. The fourth-order valence-electron chi connectivity index (χ4n) is 13.2. The van der Waals surface area contributed by atoms with Crippen LogP contribution in [0, 0.1) is 0 Å². The first kappa shape index (κ1) is 41.8. The summed E-state index contributed by atoms with van der Waals surface area (Å²) >= 11 is 0. The number of hydrogen-bond acceptors (Lipinski definition) is 2. The van der Waals surface area contributed by atoms with E-state index in [0.717, 1.165) is 55.7 Å². The Morgan fingerprint density at radius 3 is 1.31 bits per heavy atom. The summed E-state index contributed by atoms with van der Waals surface area (Å²) in [6.07, 6.45) is 0. The van der Waals surface area contributed by atoms with Gasteiger partial charge in [-0.1, -0.05) is 231 Å². The molecule has 348 valence electrons. The highest BCUT2D eigenvalue weighted by atomic mass is 16.3. The van der Waals surface area contributed by atoms with Gasteiger partial charge in [-0.05, 0) is 142 Å². The molecule has 1 heterocycles. The Labute approximate surface area is 434 Å². The average molecular weight is 952 g/mol. The van der Waals surface area contributed by atoms with Crippen LogP contribution in [-0.4, -0.2) is 0 Å². The highest BCUT2D eigenvalue weighted by Crippen LogP contribution is 2.64. The van der Waals surface area contributed by atoms with Crippen LogP contribution in [0.1, 0.15) is 22.3 Å². The number of hydrogen-bond donors (Lipinski definition) is 0. The molecule has 0 bridgehead atoms. The quantitative estimate of drug-likeness (QED) is 0.154. The maximum atomic E-state index is 6.99. The molecular formula is C73H45NO. The molecule has 0 N–H and O–H groups in total. The molecule has 2 aliphatic rings. The molecule has 0 aliphatic heterocycles. The van der Waals surface area contributed by atoms with Crippen molar-refractivity contribution in [3.63, 3.8) is 0 Å².